The van der Waals surface area contributed by atoms with Crippen LogP contribution < -0.4 is 5.32 Å². The molecule has 0 aliphatic carbocycles. The molecule has 0 aliphatic rings. The standard InChI is InChI=1S/C25H28F3N3O2/c1-2-3-12-23-30-16-21(15-29-22(24(32)33)14-18-8-5-4-6-9-18)31(23)17-19-10-7-11-20(13-19)25(26,27)28/h4-11,13,16,22,29H,2-3,12,14-15,17H2,1H3,(H,32,33). The van der Waals surface area contributed by atoms with Crippen LogP contribution in [0.3, 0.4) is 0 Å². The molecule has 0 bridgehead atoms. The summed E-state index contributed by atoms with van der Waals surface area (Å²) in [6, 6.07) is 13.8. The number of unbranched alkanes of at least 4 members (excludes halogenated alkanes) is 1. The summed E-state index contributed by atoms with van der Waals surface area (Å²) in [5, 5.41) is 12.7. The van der Waals surface area contributed by atoms with Gasteiger partial charge in [-0.1, -0.05) is 55.8 Å². The van der Waals surface area contributed by atoms with Gasteiger partial charge in [0.1, 0.15) is 11.9 Å². The van der Waals surface area contributed by atoms with Crippen LogP contribution in [0.4, 0.5) is 13.2 Å². The maximum absolute atomic E-state index is 13.2. The van der Waals surface area contributed by atoms with Crippen molar-refractivity contribution in [2.75, 3.05) is 0 Å². The number of hydrogen-bond acceptors (Lipinski definition) is 3. The molecule has 2 aromatic carbocycles. The fourth-order valence-electron chi connectivity index (χ4n) is 3.68. The van der Waals surface area contributed by atoms with E-state index in [2.05, 4.69) is 17.2 Å². The number of aliphatic carboxylic acids is 1. The van der Waals surface area contributed by atoms with Crippen LogP contribution in [0.25, 0.3) is 0 Å². The van der Waals surface area contributed by atoms with Crippen LogP contribution in [0.5, 0.6) is 0 Å². The fourth-order valence-corrected chi connectivity index (χ4v) is 3.68. The van der Waals surface area contributed by atoms with Crippen LogP contribution >= 0.6 is 0 Å². The zero-order valence-electron chi connectivity index (χ0n) is 18.5. The zero-order chi connectivity index (χ0) is 23.8. The third-order valence-electron chi connectivity index (χ3n) is 5.48. The zero-order valence-corrected chi connectivity index (χ0v) is 18.5. The number of carboxylic acids is 1. The maximum atomic E-state index is 13.2. The van der Waals surface area contributed by atoms with E-state index in [0.717, 1.165) is 42.1 Å². The van der Waals surface area contributed by atoms with Crippen molar-refractivity contribution in [3.63, 3.8) is 0 Å². The Labute approximate surface area is 191 Å². The first kappa shape index (κ1) is 24.5. The van der Waals surface area contributed by atoms with Crippen molar-refractivity contribution in [3.05, 3.63) is 89.0 Å². The van der Waals surface area contributed by atoms with E-state index in [4.69, 9.17) is 0 Å². The third-order valence-corrected chi connectivity index (χ3v) is 5.48. The summed E-state index contributed by atoms with van der Waals surface area (Å²) >= 11 is 0. The number of hydrogen-bond donors (Lipinski definition) is 2. The molecule has 3 rings (SSSR count). The molecular formula is C25H28F3N3O2. The average molecular weight is 460 g/mol. The lowest BCUT2D eigenvalue weighted by atomic mass is 10.1. The molecule has 5 nitrogen and oxygen atoms in total. The van der Waals surface area contributed by atoms with Crippen LogP contribution in [0, 0.1) is 0 Å². The molecule has 0 amide bonds. The van der Waals surface area contributed by atoms with Crippen molar-refractivity contribution in [2.24, 2.45) is 0 Å². The van der Waals surface area contributed by atoms with Gasteiger partial charge >= 0.3 is 12.1 Å². The molecule has 0 saturated carbocycles. The summed E-state index contributed by atoms with van der Waals surface area (Å²) in [6.07, 6.45) is 0.141. The average Bonchev–Trinajstić information content (AvgIpc) is 3.16. The Morgan fingerprint density at radius 1 is 1.12 bits per heavy atom. The number of imidazole rings is 1. The monoisotopic (exact) mass is 459 g/mol. The molecule has 0 saturated heterocycles. The Kier molecular flexibility index (Phi) is 8.27. The highest BCUT2D eigenvalue weighted by molar-refractivity contribution is 5.73. The van der Waals surface area contributed by atoms with E-state index in [-0.39, 0.29) is 13.1 Å². The lowest BCUT2D eigenvalue weighted by molar-refractivity contribution is -0.139. The highest BCUT2D eigenvalue weighted by Crippen LogP contribution is 2.30. The van der Waals surface area contributed by atoms with Crippen LogP contribution in [-0.2, 0) is 36.9 Å². The van der Waals surface area contributed by atoms with Crippen molar-refractivity contribution < 1.29 is 23.1 Å². The second-order valence-corrected chi connectivity index (χ2v) is 8.02. The van der Waals surface area contributed by atoms with Crippen LogP contribution in [0.2, 0.25) is 0 Å². The lowest BCUT2D eigenvalue weighted by Crippen LogP contribution is -2.38. The smallest absolute Gasteiger partial charge is 0.416 e. The van der Waals surface area contributed by atoms with Gasteiger partial charge in [0.15, 0.2) is 0 Å². The number of halogens is 3. The van der Waals surface area contributed by atoms with Crippen molar-refractivity contribution >= 4 is 5.97 Å². The summed E-state index contributed by atoms with van der Waals surface area (Å²) in [4.78, 5) is 16.3. The first-order valence-corrected chi connectivity index (χ1v) is 11.0. The van der Waals surface area contributed by atoms with Gasteiger partial charge in [-0.3, -0.25) is 10.1 Å². The van der Waals surface area contributed by atoms with Crippen LogP contribution in [-0.4, -0.2) is 26.7 Å². The predicted octanol–water partition coefficient (Wildman–Crippen LogP) is 5.08. The fraction of sp³-hybridized carbons (Fsp3) is 0.360. The number of carbonyl (C=O) groups is 1. The molecule has 3 aromatic rings. The summed E-state index contributed by atoms with van der Waals surface area (Å²) in [6.45, 7) is 2.53. The number of rotatable bonds is 11. The molecule has 0 fully saturated rings. The SMILES string of the molecule is CCCCc1ncc(CNC(Cc2ccccc2)C(=O)O)n1Cc1cccc(C(F)(F)F)c1. The van der Waals surface area contributed by atoms with Crippen molar-refractivity contribution in [2.45, 2.75) is 57.9 Å². The van der Waals surface area contributed by atoms with Gasteiger partial charge in [-0.05, 0) is 36.1 Å². The van der Waals surface area contributed by atoms with Gasteiger partial charge < -0.3 is 9.67 Å². The molecule has 0 aliphatic heterocycles. The molecule has 1 heterocycles. The van der Waals surface area contributed by atoms with Crippen molar-refractivity contribution in [3.8, 4) is 0 Å². The molecule has 33 heavy (non-hydrogen) atoms. The topological polar surface area (TPSA) is 67.2 Å². The van der Waals surface area contributed by atoms with Crippen molar-refractivity contribution in [1.82, 2.24) is 14.9 Å². The van der Waals surface area contributed by atoms with Gasteiger partial charge in [0.2, 0.25) is 0 Å². The van der Waals surface area contributed by atoms with E-state index in [1.165, 1.54) is 6.07 Å². The predicted molar refractivity (Wildman–Crippen MR) is 120 cm³/mol. The second-order valence-electron chi connectivity index (χ2n) is 8.02. The summed E-state index contributed by atoms with van der Waals surface area (Å²) in [5.74, 6) is -0.185. The summed E-state index contributed by atoms with van der Waals surface area (Å²) in [7, 11) is 0. The normalized spacial score (nSPS) is 12.6. The highest BCUT2D eigenvalue weighted by Gasteiger charge is 2.30. The van der Waals surface area contributed by atoms with Gasteiger partial charge in [-0.25, -0.2) is 4.98 Å². The molecule has 0 radical (unpaired) electrons. The Bertz CT molecular complexity index is 1050. The Balaban J connectivity index is 1.80. The summed E-state index contributed by atoms with van der Waals surface area (Å²) in [5.41, 5.74) is 1.46. The number of benzene rings is 2. The number of alkyl halides is 3. The Morgan fingerprint density at radius 2 is 1.85 bits per heavy atom. The van der Waals surface area contributed by atoms with Gasteiger partial charge in [0.25, 0.3) is 0 Å². The molecule has 176 valence electrons. The second kappa shape index (κ2) is 11.1. The lowest BCUT2D eigenvalue weighted by Gasteiger charge is -2.17. The van der Waals surface area contributed by atoms with Gasteiger partial charge in [0.05, 0.1) is 11.3 Å². The maximum Gasteiger partial charge on any atom is 0.416 e. The van der Waals surface area contributed by atoms with E-state index >= 15 is 0 Å². The number of carboxylic acid groups (broad SMARTS) is 1. The molecule has 1 aromatic heterocycles. The first-order valence-electron chi connectivity index (χ1n) is 11.0. The number of nitrogens with zero attached hydrogens (tertiary/aromatic N) is 2. The number of nitrogens with one attached hydrogen (secondary N) is 1. The first-order chi connectivity index (χ1) is 15.8. The van der Waals surface area contributed by atoms with Gasteiger partial charge in [0, 0.05) is 25.7 Å². The minimum Gasteiger partial charge on any atom is -0.480 e. The minimum atomic E-state index is -4.41. The minimum absolute atomic E-state index is 0.233. The number of aryl methyl sites for hydroxylation is 1. The Hall–Kier alpha value is -3.13. The van der Waals surface area contributed by atoms with E-state index in [1.807, 2.05) is 34.9 Å². The van der Waals surface area contributed by atoms with E-state index < -0.39 is 23.8 Å². The molecule has 2 N–H and O–H groups in total. The van der Waals surface area contributed by atoms with Gasteiger partial charge in [-0.2, -0.15) is 13.2 Å². The molecule has 0 spiro atoms. The summed E-state index contributed by atoms with van der Waals surface area (Å²) < 4.78 is 41.3. The number of aromatic nitrogens is 2. The Morgan fingerprint density at radius 3 is 2.52 bits per heavy atom. The van der Waals surface area contributed by atoms with Crippen molar-refractivity contribution in [1.29, 1.82) is 0 Å². The highest BCUT2D eigenvalue weighted by atomic mass is 19.4. The van der Waals surface area contributed by atoms with Gasteiger partial charge in [-0.15, -0.1) is 0 Å². The van der Waals surface area contributed by atoms with E-state index in [0.29, 0.717) is 18.4 Å². The quantitative estimate of drug-likeness (QED) is 0.420. The third kappa shape index (κ3) is 6.92. The van der Waals surface area contributed by atoms with Crippen LogP contribution in [0.15, 0.2) is 60.8 Å². The molecule has 1 unspecified atom stereocenters. The molecular weight excluding hydrogens is 431 g/mol. The largest absolute Gasteiger partial charge is 0.480 e. The van der Waals surface area contributed by atoms with E-state index in [9.17, 15) is 23.1 Å². The van der Waals surface area contributed by atoms with E-state index in [1.54, 1.807) is 12.3 Å². The van der Waals surface area contributed by atoms with Crippen LogP contribution in [0.1, 0.15) is 48.0 Å². The molecule has 1 atom stereocenters. The molecule has 8 heteroatoms.